The second-order valence-corrected chi connectivity index (χ2v) is 14.2. The lowest BCUT2D eigenvalue weighted by Crippen LogP contribution is -2.27. The molecule has 0 aromatic heterocycles. The van der Waals surface area contributed by atoms with E-state index in [2.05, 4.69) is 31.8 Å². The number of hydrogen-bond acceptors (Lipinski definition) is 2. The SMILES string of the molecule is C[Si](C)(C)CCS(=O)(=O)N1CC1Cc1ccccc1. The first-order valence-corrected chi connectivity index (χ1v) is 12.1. The maximum absolute atomic E-state index is 12.2. The van der Waals surface area contributed by atoms with Gasteiger partial charge in [0.25, 0.3) is 0 Å². The molecule has 1 aliphatic heterocycles. The molecule has 1 aromatic carbocycles. The van der Waals surface area contributed by atoms with Gasteiger partial charge in [-0.3, -0.25) is 0 Å². The van der Waals surface area contributed by atoms with Crippen molar-refractivity contribution in [2.75, 3.05) is 12.3 Å². The fourth-order valence-electron chi connectivity index (χ4n) is 2.11. The maximum atomic E-state index is 12.2. The highest BCUT2D eigenvalue weighted by Gasteiger charge is 2.43. The van der Waals surface area contributed by atoms with Crippen molar-refractivity contribution in [1.29, 1.82) is 0 Å². The van der Waals surface area contributed by atoms with E-state index in [0.717, 1.165) is 12.5 Å². The van der Waals surface area contributed by atoms with Gasteiger partial charge in [0.15, 0.2) is 0 Å². The van der Waals surface area contributed by atoms with E-state index in [4.69, 9.17) is 0 Å². The van der Waals surface area contributed by atoms with E-state index < -0.39 is 18.1 Å². The van der Waals surface area contributed by atoms with Gasteiger partial charge in [0.1, 0.15) is 0 Å². The van der Waals surface area contributed by atoms with E-state index in [1.165, 1.54) is 5.56 Å². The van der Waals surface area contributed by atoms with Gasteiger partial charge in [0.05, 0.1) is 5.75 Å². The van der Waals surface area contributed by atoms with Crippen molar-refractivity contribution < 1.29 is 8.42 Å². The summed E-state index contributed by atoms with van der Waals surface area (Å²) in [5.74, 6) is 0.327. The summed E-state index contributed by atoms with van der Waals surface area (Å²) < 4.78 is 26.0. The molecule has 0 spiro atoms. The summed E-state index contributed by atoms with van der Waals surface area (Å²) in [5, 5.41) is 0. The van der Waals surface area contributed by atoms with E-state index in [9.17, 15) is 8.42 Å². The maximum Gasteiger partial charge on any atom is 0.214 e. The van der Waals surface area contributed by atoms with Gasteiger partial charge < -0.3 is 0 Å². The van der Waals surface area contributed by atoms with Crippen LogP contribution in [0.15, 0.2) is 30.3 Å². The molecule has 5 heteroatoms. The normalized spacial score (nSPS) is 23.3. The van der Waals surface area contributed by atoms with E-state index in [1.807, 2.05) is 18.2 Å². The standard InChI is InChI=1S/C14H23NO2SSi/c1-19(2,3)10-9-18(16,17)15-12-14(15)11-13-7-5-4-6-8-13/h4-8,14H,9-12H2,1-3H3. The van der Waals surface area contributed by atoms with Crippen LogP contribution >= 0.6 is 0 Å². The van der Waals surface area contributed by atoms with Crippen molar-refractivity contribution in [3.63, 3.8) is 0 Å². The summed E-state index contributed by atoms with van der Waals surface area (Å²) >= 11 is 0. The molecule has 2 rings (SSSR count). The minimum absolute atomic E-state index is 0.189. The van der Waals surface area contributed by atoms with Crippen LogP contribution in [0, 0.1) is 0 Å². The fourth-order valence-corrected chi connectivity index (χ4v) is 6.75. The van der Waals surface area contributed by atoms with Crippen LogP contribution in [0.4, 0.5) is 0 Å². The Morgan fingerprint density at radius 3 is 2.42 bits per heavy atom. The zero-order chi connectivity index (χ0) is 14.1. The Labute approximate surface area is 117 Å². The average Bonchev–Trinajstić information content (AvgIpc) is 3.07. The fraction of sp³-hybridized carbons (Fsp3) is 0.571. The molecular weight excluding hydrogens is 274 g/mol. The molecule has 0 saturated carbocycles. The number of rotatable bonds is 6. The highest BCUT2D eigenvalue weighted by molar-refractivity contribution is 7.89. The smallest absolute Gasteiger partial charge is 0.212 e. The zero-order valence-electron chi connectivity index (χ0n) is 12.0. The van der Waals surface area contributed by atoms with Crippen LogP contribution < -0.4 is 0 Å². The molecule has 19 heavy (non-hydrogen) atoms. The summed E-state index contributed by atoms with van der Waals surface area (Å²) in [6.45, 7) is 7.34. The molecule has 2 atom stereocenters. The first-order chi connectivity index (χ1) is 8.78. The predicted octanol–water partition coefficient (Wildman–Crippen LogP) is 2.58. The van der Waals surface area contributed by atoms with Gasteiger partial charge in [0.2, 0.25) is 10.0 Å². The third kappa shape index (κ3) is 4.44. The molecule has 2 unspecified atom stereocenters. The molecule has 0 aliphatic carbocycles. The molecule has 106 valence electrons. The molecule has 0 bridgehead atoms. The van der Waals surface area contributed by atoms with Gasteiger partial charge in [-0.15, -0.1) is 0 Å². The Balaban J connectivity index is 1.88. The van der Waals surface area contributed by atoms with Gasteiger partial charge in [0, 0.05) is 20.7 Å². The largest absolute Gasteiger partial charge is 0.214 e. The third-order valence-electron chi connectivity index (χ3n) is 3.45. The summed E-state index contributed by atoms with van der Waals surface area (Å²) in [5.41, 5.74) is 1.22. The van der Waals surface area contributed by atoms with Gasteiger partial charge >= 0.3 is 0 Å². The van der Waals surface area contributed by atoms with Crippen LogP contribution in [0.1, 0.15) is 5.56 Å². The zero-order valence-corrected chi connectivity index (χ0v) is 13.8. The Bertz CT molecular complexity index is 522. The van der Waals surface area contributed by atoms with Crippen molar-refractivity contribution in [2.45, 2.75) is 38.1 Å². The Morgan fingerprint density at radius 2 is 1.84 bits per heavy atom. The summed E-state index contributed by atoms with van der Waals surface area (Å²) in [6, 6.07) is 11.1. The van der Waals surface area contributed by atoms with E-state index in [0.29, 0.717) is 12.3 Å². The molecule has 1 heterocycles. The number of benzene rings is 1. The monoisotopic (exact) mass is 297 g/mol. The summed E-state index contributed by atoms with van der Waals surface area (Å²) in [7, 11) is -4.31. The van der Waals surface area contributed by atoms with Crippen LogP contribution in [0.2, 0.25) is 25.7 Å². The Hall–Kier alpha value is -0.653. The lowest BCUT2D eigenvalue weighted by Gasteiger charge is -2.15. The summed E-state index contributed by atoms with van der Waals surface area (Å²) in [6.07, 6.45) is 0.840. The van der Waals surface area contributed by atoms with Crippen LogP contribution in [0.3, 0.4) is 0 Å². The van der Waals surface area contributed by atoms with E-state index in [-0.39, 0.29) is 6.04 Å². The van der Waals surface area contributed by atoms with Crippen molar-refractivity contribution in [1.82, 2.24) is 4.31 Å². The molecule has 1 aliphatic rings. The third-order valence-corrected chi connectivity index (χ3v) is 7.44. The molecule has 1 fully saturated rings. The lowest BCUT2D eigenvalue weighted by molar-refractivity contribution is 0.552. The van der Waals surface area contributed by atoms with Crippen molar-refractivity contribution in [2.24, 2.45) is 0 Å². The quantitative estimate of drug-likeness (QED) is 0.598. The van der Waals surface area contributed by atoms with E-state index in [1.54, 1.807) is 4.31 Å². The first-order valence-electron chi connectivity index (χ1n) is 6.81. The van der Waals surface area contributed by atoms with Crippen LogP contribution in [-0.2, 0) is 16.4 Å². The molecule has 1 saturated heterocycles. The first kappa shape index (κ1) is 14.7. The number of sulfonamides is 1. The predicted molar refractivity (Wildman–Crippen MR) is 82.6 cm³/mol. The van der Waals surface area contributed by atoms with Gasteiger partial charge in [-0.05, 0) is 18.0 Å². The lowest BCUT2D eigenvalue weighted by atomic mass is 10.1. The average molecular weight is 297 g/mol. The minimum atomic E-state index is -3.02. The molecule has 0 amide bonds. The molecule has 0 N–H and O–H groups in total. The van der Waals surface area contributed by atoms with Crippen molar-refractivity contribution in [3.05, 3.63) is 35.9 Å². The molecule has 3 nitrogen and oxygen atoms in total. The van der Waals surface area contributed by atoms with Crippen LogP contribution in [0.5, 0.6) is 0 Å². The molecule has 0 radical (unpaired) electrons. The molecule has 1 aromatic rings. The topological polar surface area (TPSA) is 37.1 Å². The van der Waals surface area contributed by atoms with E-state index >= 15 is 0 Å². The Kier molecular flexibility index (Phi) is 4.18. The summed E-state index contributed by atoms with van der Waals surface area (Å²) in [4.78, 5) is 0. The van der Waals surface area contributed by atoms with Gasteiger partial charge in [-0.2, -0.15) is 4.31 Å². The second-order valence-electron chi connectivity index (χ2n) is 6.54. The van der Waals surface area contributed by atoms with Crippen molar-refractivity contribution in [3.8, 4) is 0 Å². The van der Waals surface area contributed by atoms with Crippen LogP contribution in [-0.4, -0.2) is 39.1 Å². The minimum Gasteiger partial charge on any atom is -0.212 e. The van der Waals surface area contributed by atoms with Crippen LogP contribution in [0.25, 0.3) is 0 Å². The molecular formula is C14H23NO2SSi. The Morgan fingerprint density at radius 1 is 1.21 bits per heavy atom. The van der Waals surface area contributed by atoms with Gasteiger partial charge in [-0.25, -0.2) is 8.42 Å². The second kappa shape index (κ2) is 5.38. The van der Waals surface area contributed by atoms with Crippen molar-refractivity contribution >= 4 is 18.1 Å². The highest BCUT2D eigenvalue weighted by atomic mass is 32.2. The number of nitrogens with zero attached hydrogens (tertiary/aromatic N) is 1. The van der Waals surface area contributed by atoms with Gasteiger partial charge in [-0.1, -0.05) is 50.0 Å². The number of hydrogen-bond donors (Lipinski definition) is 0. The highest BCUT2D eigenvalue weighted by Crippen LogP contribution is 2.27.